The second-order valence-electron chi connectivity index (χ2n) is 5.80. The highest BCUT2D eigenvalue weighted by Gasteiger charge is 2.14. The van der Waals surface area contributed by atoms with E-state index in [1.807, 2.05) is 13.8 Å². The number of amides is 1. The third kappa shape index (κ3) is 6.26. The molecule has 0 unspecified atom stereocenters. The highest BCUT2D eigenvalue weighted by molar-refractivity contribution is 5.92. The van der Waals surface area contributed by atoms with Crippen molar-refractivity contribution in [2.24, 2.45) is 0 Å². The van der Waals surface area contributed by atoms with Crippen molar-refractivity contribution in [2.45, 2.75) is 20.3 Å². The lowest BCUT2D eigenvalue weighted by atomic mass is 10.1. The molecule has 0 aromatic heterocycles. The van der Waals surface area contributed by atoms with Gasteiger partial charge in [0.2, 0.25) is 0 Å². The maximum atomic E-state index is 13.5. The van der Waals surface area contributed by atoms with Gasteiger partial charge in [0.1, 0.15) is 5.82 Å². The molecule has 0 aliphatic rings. The molecule has 1 amide bonds. The number of hydrogen-bond donors (Lipinski definition) is 1. The molecule has 2 rings (SSSR count). The van der Waals surface area contributed by atoms with Crippen LogP contribution in [0.2, 0.25) is 0 Å². The fraction of sp³-hybridized carbons (Fsp3) is 0.333. The molecule has 0 radical (unpaired) electrons. The SMILES string of the molecule is CCOc1ccc(C(=O)OCC(=O)NCCc2ccccc2F)cc1OCC. The summed E-state index contributed by atoms with van der Waals surface area (Å²) in [6.45, 7) is 4.39. The summed E-state index contributed by atoms with van der Waals surface area (Å²) in [5.41, 5.74) is 0.767. The second-order valence-corrected chi connectivity index (χ2v) is 5.80. The molecule has 2 aromatic rings. The molecule has 0 bridgehead atoms. The summed E-state index contributed by atoms with van der Waals surface area (Å²) < 4.78 is 29.5. The van der Waals surface area contributed by atoms with Gasteiger partial charge in [-0.2, -0.15) is 0 Å². The lowest BCUT2D eigenvalue weighted by Gasteiger charge is -2.12. The molecule has 0 atom stereocenters. The van der Waals surface area contributed by atoms with Gasteiger partial charge in [-0.25, -0.2) is 9.18 Å². The van der Waals surface area contributed by atoms with Crippen LogP contribution in [0.3, 0.4) is 0 Å². The van der Waals surface area contributed by atoms with Gasteiger partial charge in [0.15, 0.2) is 18.1 Å². The standard InChI is InChI=1S/C21H24FNO5/c1-3-26-18-10-9-16(13-19(18)27-4-2)21(25)28-14-20(24)23-12-11-15-7-5-6-8-17(15)22/h5-10,13H,3-4,11-12,14H2,1-2H3,(H,23,24). The van der Waals surface area contributed by atoms with Gasteiger partial charge in [-0.3, -0.25) is 4.79 Å². The number of rotatable bonds is 10. The van der Waals surface area contributed by atoms with Crippen LogP contribution >= 0.6 is 0 Å². The average Bonchev–Trinajstić information content (AvgIpc) is 2.69. The average molecular weight is 389 g/mol. The number of ether oxygens (including phenoxy) is 3. The zero-order valence-electron chi connectivity index (χ0n) is 16.0. The maximum absolute atomic E-state index is 13.5. The summed E-state index contributed by atoms with van der Waals surface area (Å²) in [5, 5.41) is 2.60. The molecular formula is C21H24FNO5. The van der Waals surface area contributed by atoms with Crippen LogP contribution < -0.4 is 14.8 Å². The van der Waals surface area contributed by atoms with Crippen molar-refractivity contribution in [3.05, 3.63) is 59.4 Å². The van der Waals surface area contributed by atoms with Crippen LogP contribution in [0.15, 0.2) is 42.5 Å². The van der Waals surface area contributed by atoms with E-state index in [9.17, 15) is 14.0 Å². The van der Waals surface area contributed by atoms with E-state index in [1.165, 1.54) is 12.1 Å². The van der Waals surface area contributed by atoms with E-state index < -0.39 is 18.5 Å². The quantitative estimate of drug-likeness (QED) is 0.632. The molecule has 0 spiro atoms. The zero-order valence-corrected chi connectivity index (χ0v) is 16.0. The first-order valence-electron chi connectivity index (χ1n) is 9.12. The molecule has 2 aromatic carbocycles. The van der Waals surface area contributed by atoms with E-state index >= 15 is 0 Å². The van der Waals surface area contributed by atoms with Crippen LogP contribution in [0.5, 0.6) is 11.5 Å². The smallest absolute Gasteiger partial charge is 0.338 e. The number of carbonyl (C=O) groups is 2. The molecule has 0 heterocycles. The van der Waals surface area contributed by atoms with E-state index in [2.05, 4.69) is 5.32 Å². The zero-order chi connectivity index (χ0) is 20.4. The van der Waals surface area contributed by atoms with Gasteiger partial charge in [-0.15, -0.1) is 0 Å². The minimum absolute atomic E-state index is 0.245. The van der Waals surface area contributed by atoms with Crippen molar-refractivity contribution < 1.29 is 28.2 Å². The second kappa shape index (κ2) is 10.9. The first kappa shape index (κ1) is 21.2. The molecule has 6 nitrogen and oxygen atoms in total. The summed E-state index contributed by atoms with van der Waals surface area (Å²) in [5.74, 6) is -0.447. The van der Waals surface area contributed by atoms with Crippen LogP contribution in [-0.2, 0) is 16.0 Å². The fourth-order valence-electron chi connectivity index (χ4n) is 2.48. The lowest BCUT2D eigenvalue weighted by Crippen LogP contribution is -2.30. The van der Waals surface area contributed by atoms with Crippen molar-refractivity contribution in [1.29, 1.82) is 0 Å². The molecule has 0 aliphatic carbocycles. The Labute approximate surface area is 163 Å². The molecule has 150 valence electrons. The van der Waals surface area contributed by atoms with E-state index in [-0.39, 0.29) is 17.9 Å². The summed E-state index contributed by atoms with van der Waals surface area (Å²) in [4.78, 5) is 24.0. The van der Waals surface area contributed by atoms with Crippen LogP contribution in [0.4, 0.5) is 4.39 Å². The third-order valence-corrected chi connectivity index (χ3v) is 3.79. The normalized spacial score (nSPS) is 10.2. The monoisotopic (exact) mass is 389 g/mol. The van der Waals surface area contributed by atoms with E-state index in [0.29, 0.717) is 36.7 Å². The van der Waals surface area contributed by atoms with Gasteiger partial charge in [0.25, 0.3) is 5.91 Å². The van der Waals surface area contributed by atoms with Crippen LogP contribution in [0.25, 0.3) is 0 Å². The van der Waals surface area contributed by atoms with Crippen LogP contribution in [-0.4, -0.2) is 38.2 Å². The van der Waals surface area contributed by atoms with Gasteiger partial charge in [0.05, 0.1) is 18.8 Å². The van der Waals surface area contributed by atoms with Crippen molar-refractivity contribution in [3.8, 4) is 11.5 Å². The lowest BCUT2D eigenvalue weighted by molar-refractivity contribution is -0.124. The summed E-state index contributed by atoms with van der Waals surface area (Å²) in [6, 6.07) is 11.1. The molecule has 0 saturated carbocycles. The molecular weight excluding hydrogens is 365 g/mol. The Hall–Kier alpha value is -3.09. The van der Waals surface area contributed by atoms with E-state index in [4.69, 9.17) is 14.2 Å². The Balaban J connectivity index is 1.83. The van der Waals surface area contributed by atoms with Gasteiger partial charge >= 0.3 is 5.97 Å². The number of esters is 1. The number of halogens is 1. The Kier molecular flexibility index (Phi) is 8.27. The fourth-order valence-corrected chi connectivity index (χ4v) is 2.48. The summed E-state index contributed by atoms with van der Waals surface area (Å²) in [7, 11) is 0. The Bertz CT molecular complexity index is 809. The highest BCUT2D eigenvalue weighted by Crippen LogP contribution is 2.28. The van der Waals surface area contributed by atoms with Gasteiger partial charge in [-0.1, -0.05) is 18.2 Å². The summed E-state index contributed by atoms with van der Waals surface area (Å²) >= 11 is 0. The minimum atomic E-state index is -0.645. The van der Waals surface area contributed by atoms with Crippen molar-refractivity contribution >= 4 is 11.9 Å². The number of nitrogens with one attached hydrogen (secondary N) is 1. The first-order chi connectivity index (χ1) is 13.5. The Morgan fingerprint density at radius 3 is 2.43 bits per heavy atom. The topological polar surface area (TPSA) is 73.9 Å². The van der Waals surface area contributed by atoms with Crippen LogP contribution in [0, 0.1) is 5.82 Å². The van der Waals surface area contributed by atoms with Gasteiger partial charge in [0, 0.05) is 6.54 Å². The third-order valence-electron chi connectivity index (χ3n) is 3.79. The Morgan fingerprint density at radius 1 is 1.00 bits per heavy atom. The number of carbonyl (C=O) groups excluding carboxylic acids is 2. The molecule has 28 heavy (non-hydrogen) atoms. The molecule has 0 aliphatic heterocycles. The number of benzene rings is 2. The molecule has 0 fully saturated rings. The first-order valence-corrected chi connectivity index (χ1v) is 9.12. The van der Waals surface area contributed by atoms with Crippen LogP contribution in [0.1, 0.15) is 29.8 Å². The molecule has 7 heteroatoms. The van der Waals surface area contributed by atoms with Crippen molar-refractivity contribution in [2.75, 3.05) is 26.4 Å². The molecule has 1 N–H and O–H groups in total. The number of hydrogen-bond acceptors (Lipinski definition) is 5. The predicted octanol–water partition coefficient (Wildman–Crippen LogP) is 3.14. The van der Waals surface area contributed by atoms with Gasteiger partial charge < -0.3 is 19.5 Å². The predicted molar refractivity (Wildman–Crippen MR) is 102 cm³/mol. The largest absolute Gasteiger partial charge is 0.490 e. The van der Waals surface area contributed by atoms with E-state index in [1.54, 1.807) is 30.3 Å². The van der Waals surface area contributed by atoms with Crippen molar-refractivity contribution in [1.82, 2.24) is 5.32 Å². The van der Waals surface area contributed by atoms with Crippen molar-refractivity contribution in [3.63, 3.8) is 0 Å². The molecule has 0 saturated heterocycles. The Morgan fingerprint density at radius 2 is 1.71 bits per heavy atom. The van der Waals surface area contributed by atoms with E-state index in [0.717, 1.165) is 0 Å². The van der Waals surface area contributed by atoms with Gasteiger partial charge in [-0.05, 0) is 50.1 Å². The summed E-state index contributed by atoms with van der Waals surface area (Å²) in [6.07, 6.45) is 0.350. The maximum Gasteiger partial charge on any atom is 0.338 e. The minimum Gasteiger partial charge on any atom is -0.490 e. The highest BCUT2D eigenvalue weighted by atomic mass is 19.1.